The van der Waals surface area contributed by atoms with Crippen LogP contribution in [0.2, 0.25) is 0 Å². The van der Waals surface area contributed by atoms with Crippen molar-refractivity contribution in [1.82, 2.24) is 0 Å². The summed E-state index contributed by atoms with van der Waals surface area (Å²) in [7, 11) is 0. The molecule has 1 heterocycles. The standard InChI is InChI=1S/C18H11IS/c19-14-5-3-4-12(10-14)13-8-9-18-16(11-13)15-6-1-2-7-17(15)20-18/h1-11H. The molecule has 4 aromatic rings. The molecule has 0 aliphatic rings. The number of rotatable bonds is 1. The summed E-state index contributed by atoms with van der Waals surface area (Å²) in [5.74, 6) is 0. The first-order valence-electron chi connectivity index (χ1n) is 6.48. The smallest absolute Gasteiger partial charge is 0.0355 e. The zero-order valence-electron chi connectivity index (χ0n) is 10.6. The fraction of sp³-hybridized carbons (Fsp3) is 0. The van der Waals surface area contributed by atoms with E-state index in [9.17, 15) is 0 Å². The van der Waals surface area contributed by atoms with Crippen molar-refractivity contribution in [2.24, 2.45) is 0 Å². The van der Waals surface area contributed by atoms with E-state index in [1.165, 1.54) is 34.9 Å². The highest BCUT2D eigenvalue weighted by Crippen LogP contribution is 2.36. The lowest BCUT2D eigenvalue weighted by atomic mass is 10.0. The van der Waals surface area contributed by atoms with Crippen molar-refractivity contribution in [3.63, 3.8) is 0 Å². The maximum atomic E-state index is 2.37. The van der Waals surface area contributed by atoms with Gasteiger partial charge in [0.25, 0.3) is 0 Å². The molecule has 0 bridgehead atoms. The molecule has 1 aromatic heterocycles. The first kappa shape index (κ1) is 12.4. The van der Waals surface area contributed by atoms with Crippen molar-refractivity contribution in [2.75, 3.05) is 0 Å². The number of hydrogen-bond acceptors (Lipinski definition) is 1. The van der Waals surface area contributed by atoms with Gasteiger partial charge in [-0.3, -0.25) is 0 Å². The second-order valence-electron chi connectivity index (χ2n) is 4.82. The van der Waals surface area contributed by atoms with E-state index in [1.54, 1.807) is 0 Å². The minimum Gasteiger partial charge on any atom is -0.135 e. The molecular weight excluding hydrogens is 375 g/mol. The molecule has 0 atom stereocenters. The van der Waals surface area contributed by atoms with Crippen molar-refractivity contribution in [3.05, 3.63) is 70.3 Å². The van der Waals surface area contributed by atoms with Crippen LogP contribution in [0.1, 0.15) is 0 Å². The maximum Gasteiger partial charge on any atom is 0.0355 e. The first-order chi connectivity index (χ1) is 9.81. The van der Waals surface area contributed by atoms with E-state index in [2.05, 4.69) is 89.3 Å². The number of benzene rings is 3. The Kier molecular flexibility index (Phi) is 3.00. The topological polar surface area (TPSA) is 0 Å². The minimum atomic E-state index is 1.27. The summed E-state index contributed by atoms with van der Waals surface area (Å²) in [5, 5.41) is 2.72. The summed E-state index contributed by atoms with van der Waals surface area (Å²) < 4.78 is 4.00. The van der Waals surface area contributed by atoms with Crippen LogP contribution in [0.15, 0.2) is 66.7 Å². The van der Waals surface area contributed by atoms with Crippen LogP contribution >= 0.6 is 33.9 Å². The van der Waals surface area contributed by atoms with Gasteiger partial charge in [0.1, 0.15) is 0 Å². The monoisotopic (exact) mass is 386 g/mol. The summed E-state index contributed by atoms with van der Waals surface area (Å²) in [4.78, 5) is 0. The van der Waals surface area contributed by atoms with E-state index >= 15 is 0 Å². The third kappa shape index (κ3) is 2.03. The van der Waals surface area contributed by atoms with Gasteiger partial charge in [-0.1, -0.05) is 36.4 Å². The molecule has 0 N–H and O–H groups in total. The Labute approximate surface area is 135 Å². The Bertz CT molecular complexity index is 921. The van der Waals surface area contributed by atoms with Gasteiger partial charge < -0.3 is 0 Å². The van der Waals surface area contributed by atoms with E-state index < -0.39 is 0 Å². The van der Waals surface area contributed by atoms with Crippen LogP contribution in [-0.4, -0.2) is 0 Å². The van der Waals surface area contributed by atoms with Crippen molar-refractivity contribution in [2.45, 2.75) is 0 Å². The van der Waals surface area contributed by atoms with Crippen LogP contribution < -0.4 is 0 Å². The fourth-order valence-corrected chi connectivity index (χ4v) is 4.20. The zero-order valence-corrected chi connectivity index (χ0v) is 13.6. The van der Waals surface area contributed by atoms with E-state index in [1.807, 2.05) is 11.3 Å². The zero-order chi connectivity index (χ0) is 13.5. The summed E-state index contributed by atoms with van der Waals surface area (Å²) in [6.07, 6.45) is 0. The molecule has 0 amide bonds. The molecule has 0 radical (unpaired) electrons. The Balaban J connectivity index is 2.00. The summed E-state index contributed by atoms with van der Waals surface area (Å²) >= 11 is 4.23. The quantitative estimate of drug-likeness (QED) is 0.336. The Morgan fingerprint density at radius 1 is 0.650 bits per heavy atom. The highest BCUT2D eigenvalue weighted by Gasteiger charge is 2.06. The molecule has 3 aromatic carbocycles. The third-order valence-corrected chi connectivity index (χ3v) is 5.36. The van der Waals surface area contributed by atoms with Crippen molar-refractivity contribution in [3.8, 4) is 11.1 Å². The average molecular weight is 386 g/mol. The molecule has 0 nitrogen and oxygen atoms in total. The molecule has 0 fully saturated rings. The normalized spacial score (nSPS) is 11.2. The summed E-state index contributed by atoms with van der Waals surface area (Å²) in [6, 6.07) is 24.1. The van der Waals surface area contributed by atoms with Gasteiger partial charge in [0, 0.05) is 23.7 Å². The van der Waals surface area contributed by atoms with Crippen LogP contribution in [0.5, 0.6) is 0 Å². The van der Waals surface area contributed by atoms with Gasteiger partial charge in [-0.15, -0.1) is 11.3 Å². The predicted molar refractivity (Wildman–Crippen MR) is 97.5 cm³/mol. The number of fused-ring (bicyclic) bond motifs is 3. The van der Waals surface area contributed by atoms with Crippen LogP contribution in [0.3, 0.4) is 0 Å². The Morgan fingerprint density at radius 3 is 2.35 bits per heavy atom. The highest BCUT2D eigenvalue weighted by molar-refractivity contribution is 14.1. The molecule has 0 saturated heterocycles. The van der Waals surface area contributed by atoms with Crippen LogP contribution in [0.4, 0.5) is 0 Å². The van der Waals surface area contributed by atoms with E-state index in [4.69, 9.17) is 0 Å². The summed E-state index contributed by atoms with van der Waals surface area (Å²) in [5.41, 5.74) is 2.58. The van der Waals surface area contributed by atoms with Gasteiger partial charge in [-0.2, -0.15) is 0 Å². The Morgan fingerprint density at radius 2 is 1.45 bits per heavy atom. The van der Waals surface area contributed by atoms with Gasteiger partial charge in [-0.05, 0) is 64.0 Å². The van der Waals surface area contributed by atoms with Gasteiger partial charge in [0.2, 0.25) is 0 Å². The lowest BCUT2D eigenvalue weighted by molar-refractivity contribution is 1.61. The summed E-state index contributed by atoms with van der Waals surface area (Å²) in [6.45, 7) is 0. The minimum absolute atomic E-state index is 1.27. The number of halogens is 1. The van der Waals surface area contributed by atoms with Gasteiger partial charge >= 0.3 is 0 Å². The van der Waals surface area contributed by atoms with Crippen LogP contribution in [0.25, 0.3) is 31.3 Å². The molecule has 20 heavy (non-hydrogen) atoms. The second kappa shape index (κ2) is 4.86. The SMILES string of the molecule is Ic1cccc(-c2ccc3sc4ccccc4c3c2)c1. The van der Waals surface area contributed by atoms with Gasteiger partial charge in [0.05, 0.1) is 0 Å². The molecule has 0 unspecified atom stereocenters. The molecular formula is C18H11IS. The van der Waals surface area contributed by atoms with Gasteiger partial charge in [-0.25, -0.2) is 0 Å². The number of hydrogen-bond donors (Lipinski definition) is 0. The predicted octanol–water partition coefficient (Wildman–Crippen LogP) is 6.33. The van der Waals surface area contributed by atoms with Crippen molar-refractivity contribution in [1.29, 1.82) is 0 Å². The van der Waals surface area contributed by atoms with Crippen LogP contribution in [-0.2, 0) is 0 Å². The first-order valence-corrected chi connectivity index (χ1v) is 8.38. The maximum absolute atomic E-state index is 2.37. The molecule has 0 spiro atoms. The third-order valence-electron chi connectivity index (χ3n) is 3.53. The molecule has 0 aliphatic heterocycles. The molecule has 96 valence electrons. The van der Waals surface area contributed by atoms with Crippen molar-refractivity contribution >= 4 is 54.1 Å². The number of thiophene rings is 1. The lowest BCUT2D eigenvalue weighted by Crippen LogP contribution is -1.78. The average Bonchev–Trinajstić information content (AvgIpc) is 2.85. The second-order valence-corrected chi connectivity index (χ2v) is 7.15. The largest absolute Gasteiger partial charge is 0.135 e. The lowest BCUT2D eigenvalue weighted by Gasteiger charge is -2.03. The fourth-order valence-electron chi connectivity index (χ4n) is 2.57. The molecule has 2 heteroatoms. The van der Waals surface area contributed by atoms with E-state index in [0.29, 0.717) is 0 Å². The molecule has 4 rings (SSSR count). The van der Waals surface area contributed by atoms with E-state index in [0.717, 1.165) is 0 Å². The molecule has 0 saturated carbocycles. The van der Waals surface area contributed by atoms with Crippen molar-refractivity contribution < 1.29 is 0 Å². The molecule has 0 aliphatic carbocycles. The van der Waals surface area contributed by atoms with Gasteiger partial charge in [0.15, 0.2) is 0 Å². The van der Waals surface area contributed by atoms with E-state index in [-0.39, 0.29) is 0 Å². The van der Waals surface area contributed by atoms with Crippen LogP contribution in [0, 0.1) is 3.57 Å². The Hall–Kier alpha value is -1.39. The highest BCUT2D eigenvalue weighted by atomic mass is 127.